The van der Waals surface area contributed by atoms with E-state index in [2.05, 4.69) is 22.5 Å². The molecule has 0 spiro atoms. The number of hydrogen-bond acceptors (Lipinski definition) is 3. The molecule has 1 saturated carbocycles. The number of rotatable bonds is 4. The number of imidazole rings is 1. The lowest BCUT2D eigenvalue weighted by Crippen LogP contribution is -2.26. The lowest BCUT2D eigenvalue weighted by atomic mass is 9.77. The number of fused-ring (bicyclic) bond motifs is 1. The molecule has 2 aromatic rings. The van der Waals surface area contributed by atoms with E-state index in [9.17, 15) is 4.79 Å². The highest BCUT2D eigenvalue weighted by Gasteiger charge is 2.28. The zero-order valence-corrected chi connectivity index (χ0v) is 12.2. The summed E-state index contributed by atoms with van der Waals surface area (Å²) in [6, 6.07) is 0. The molecule has 0 bridgehead atoms. The van der Waals surface area contributed by atoms with Crippen molar-refractivity contribution in [1.29, 1.82) is 0 Å². The van der Waals surface area contributed by atoms with Crippen LogP contribution in [0.2, 0.25) is 0 Å². The summed E-state index contributed by atoms with van der Waals surface area (Å²) in [6.07, 6.45) is 10.4. The van der Waals surface area contributed by atoms with Gasteiger partial charge in [0.05, 0.1) is 5.69 Å². The maximum atomic E-state index is 12.1. The first kappa shape index (κ1) is 12.9. The number of ketones is 1. The van der Waals surface area contributed by atoms with Gasteiger partial charge in [-0.25, -0.2) is 4.98 Å². The second-order valence-electron chi connectivity index (χ2n) is 5.62. The van der Waals surface area contributed by atoms with Crippen molar-refractivity contribution in [1.82, 2.24) is 9.38 Å². The van der Waals surface area contributed by atoms with Crippen LogP contribution in [0.15, 0.2) is 17.8 Å². The zero-order valence-electron chi connectivity index (χ0n) is 11.3. The van der Waals surface area contributed by atoms with Gasteiger partial charge in [-0.15, -0.1) is 11.3 Å². The fourth-order valence-corrected chi connectivity index (χ4v) is 3.92. The zero-order chi connectivity index (χ0) is 13.2. The first-order valence-electron chi connectivity index (χ1n) is 7.20. The fraction of sp³-hybridized carbons (Fsp3) is 0.600. The first-order valence-corrected chi connectivity index (χ1v) is 8.08. The summed E-state index contributed by atoms with van der Waals surface area (Å²) < 4.78 is 2.05. The Morgan fingerprint density at radius 2 is 2.42 bits per heavy atom. The maximum absolute atomic E-state index is 12.1. The molecule has 3 nitrogen and oxygen atoms in total. The molecule has 1 aliphatic carbocycles. The number of hydrogen-bond donors (Lipinski definition) is 0. The molecule has 19 heavy (non-hydrogen) atoms. The SMILES string of the molecule is CCCC1CCC(=O)C(Cc2cn3ccsc3n2)C1. The summed E-state index contributed by atoms with van der Waals surface area (Å²) in [5, 5.41) is 2.04. The van der Waals surface area contributed by atoms with Gasteiger partial charge < -0.3 is 0 Å². The summed E-state index contributed by atoms with van der Waals surface area (Å²) >= 11 is 1.65. The van der Waals surface area contributed by atoms with Crippen LogP contribution in [0.3, 0.4) is 0 Å². The Labute approximate surface area is 117 Å². The third kappa shape index (κ3) is 2.73. The largest absolute Gasteiger partial charge is 0.299 e. The Morgan fingerprint density at radius 1 is 1.53 bits per heavy atom. The van der Waals surface area contributed by atoms with E-state index < -0.39 is 0 Å². The summed E-state index contributed by atoms with van der Waals surface area (Å²) in [7, 11) is 0. The molecule has 1 aliphatic rings. The van der Waals surface area contributed by atoms with Crippen molar-refractivity contribution in [2.24, 2.45) is 11.8 Å². The van der Waals surface area contributed by atoms with Crippen LogP contribution >= 0.6 is 11.3 Å². The molecule has 2 atom stereocenters. The third-order valence-corrected chi connectivity index (χ3v) is 4.94. The van der Waals surface area contributed by atoms with Crippen LogP contribution in [-0.4, -0.2) is 15.2 Å². The summed E-state index contributed by atoms with van der Waals surface area (Å²) in [6.45, 7) is 2.23. The van der Waals surface area contributed by atoms with Crippen molar-refractivity contribution < 1.29 is 4.79 Å². The number of aromatic nitrogens is 2. The molecule has 0 N–H and O–H groups in total. The van der Waals surface area contributed by atoms with Crippen molar-refractivity contribution in [3.8, 4) is 0 Å². The van der Waals surface area contributed by atoms with Crippen LogP contribution in [0.25, 0.3) is 4.96 Å². The van der Waals surface area contributed by atoms with E-state index in [1.54, 1.807) is 11.3 Å². The second kappa shape index (κ2) is 5.45. The predicted molar refractivity (Wildman–Crippen MR) is 77.5 cm³/mol. The molecule has 0 aliphatic heterocycles. The van der Waals surface area contributed by atoms with E-state index >= 15 is 0 Å². The van der Waals surface area contributed by atoms with Crippen LogP contribution in [0, 0.1) is 11.8 Å². The van der Waals surface area contributed by atoms with Crippen molar-refractivity contribution in [3.63, 3.8) is 0 Å². The Bertz CT molecular complexity index is 543. The lowest BCUT2D eigenvalue weighted by Gasteiger charge is -2.27. The van der Waals surface area contributed by atoms with Gasteiger partial charge in [-0.3, -0.25) is 9.20 Å². The van der Waals surface area contributed by atoms with E-state index in [0.717, 1.165) is 42.3 Å². The highest BCUT2D eigenvalue weighted by atomic mass is 32.1. The molecule has 2 heterocycles. The van der Waals surface area contributed by atoms with Gasteiger partial charge in [0.25, 0.3) is 0 Å². The van der Waals surface area contributed by atoms with E-state index in [1.807, 2.05) is 11.6 Å². The number of carbonyl (C=O) groups excluding carboxylic acids is 1. The van der Waals surface area contributed by atoms with Crippen LogP contribution in [0.5, 0.6) is 0 Å². The topological polar surface area (TPSA) is 34.4 Å². The highest BCUT2D eigenvalue weighted by molar-refractivity contribution is 7.15. The summed E-state index contributed by atoms with van der Waals surface area (Å²) in [4.78, 5) is 17.7. The van der Waals surface area contributed by atoms with E-state index in [1.165, 1.54) is 12.8 Å². The van der Waals surface area contributed by atoms with Crippen LogP contribution in [-0.2, 0) is 11.2 Å². The van der Waals surface area contributed by atoms with Gasteiger partial charge in [-0.05, 0) is 18.8 Å². The molecule has 2 aromatic heterocycles. The normalized spacial score (nSPS) is 24.2. The molecule has 2 unspecified atom stereocenters. The quantitative estimate of drug-likeness (QED) is 0.853. The van der Waals surface area contributed by atoms with Gasteiger partial charge in [0, 0.05) is 36.5 Å². The fourth-order valence-electron chi connectivity index (χ4n) is 3.20. The van der Waals surface area contributed by atoms with Gasteiger partial charge in [0.15, 0.2) is 4.96 Å². The minimum atomic E-state index is 0.204. The van der Waals surface area contributed by atoms with Crippen molar-refractivity contribution in [2.45, 2.75) is 45.4 Å². The molecular formula is C15H20N2OS. The van der Waals surface area contributed by atoms with Gasteiger partial charge >= 0.3 is 0 Å². The molecule has 0 saturated heterocycles. The van der Waals surface area contributed by atoms with Gasteiger partial charge in [0.2, 0.25) is 0 Å². The predicted octanol–water partition coefficient (Wildman–Crippen LogP) is 3.72. The Hall–Kier alpha value is -1.16. The van der Waals surface area contributed by atoms with E-state index in [0.29, 0.717) is 5.78 Å². The van der Waals surface area contributed by atoms with Gasteiger partial charge in [0.1, 0.15) is 5.78 Å². The third-order valence-electron chi connectivity index (χ3n) is 4.17. The van der Waals surface area contributed by atoms with Crippen LogP contribution in [0.4, 0.5) is 0 Å². The first-order chi connectivity index (χ1) is 9.26. The smallest absolute Gasteiger partial charge is 0.193 e. The molecule has 102 valence electrons. The van der Waals surface area contributed by atoms with E-state index in [4.69, 9.17) is 0 Å². The van der Waals surface area contributed by atoms with E-state index in [-0.39, 0.29) is 5.92 Å². The van der Waals surface area contributed by atoms with Crippen molar-refractivity contribution >= 4 is 22.1 Å². The number of carbonyl (C=O) groups is 1. The van der Waals surface area contributed by atoms with Crippen molar-refractivity contribution in [3.05, 3.63) is 23.5 Å². The van der Waals surface area contributed by atoms with Crippen LogP contribution in [0.1, 0.15) is 44.7 Å². The maximum Gasteiger partial charge on any atom is 0.193 e. The average Bonchev–Trinajstić information content (AvgIpc) is 2.94. The second-order valence-corrected chi connectivity index (χ2v) is 6.49. The molecule has 0 amide bonds. The molecule has 3 rings (SSSR count). The minimum absolute atomic E-state index is 0.204. The lowest BCUT2D eigenvalue weighted by molar-refractivity contribution is -0.125. The average molecular weight is 276 g/mol. The molecular weight excluding hydrogens is 256 g/mol. The molecule has 1 fully saturated rings. The number of Topliss-reactive ketones (excluding diaryl/α,β-unsaturated/α-hetero) is 1. The Balaban J connectivity index is 1.70. The van der Waals surface area contributed by atoms with Gasteiger partial charge in [-0.2, -0.15) is 0 Å². The molecule has 0 radical (unpaired) electrons. The Kier molecular flexibility index (Phi) is 3.69. The number of thiazole rings is 1. The van der Waals surface area contributed by atoms with Crippen LogP contribution < -0.4 is 0 Å². The summed E-state index contributed by atoms with van der Waals surface area (Å²) in [5.41, 5.74) is 1.07. The highest BCUT2D eigenvalue weighted by Crippen LogP contribution is 2.31. The number of nitrogens with zero attached hydrogens (tertiary/aromatic N) is 2. The molecule has 4 heteroatoms. The van der Waals surface area contributed by atoms with Crippen molar-refractivity contribution in [2.75, 3.05) is 0 Å². The standard InChI is InChI=1S/C15H20N2OS/c1-2-3-11-4-5-14(18)12(8-11)9-13-10-17-6-7-19-15(17)16-13/h6-7,10-12H,2-5,8-9H2,1H3. The van der Waals surface area contributed by atoms with Gasteiger partial charge in [-0.1, -0.05) is 19.8 Å². The Morgan fingerprint density at radius 3 is 3.21 bits per heavy atom. The summed E-state index contributed by atoms with van der Waals surface area (Å²) in [5.74, 6) is 1.40. The molecule has 0 aromatic carbocycles. The minimum Gasteiger partial charge on any atom is -0.299 e. The monoisotopic (exact) mass is 276 g/mol.